The van der Waals surface area contributed by atoms with E-state index in [1.807, 2.05) is 0 Å². The van der Waals surface area contributed by atoms with Crippen LogP contribution in [0, 0.1) is 10.8 Å². The highest BCUT2D eigenvalue weighted by Crippen LogP contribution is 2.64. The first-order valence-corrected chi connectivity index (χ1v) is 5.40. The lowest BCUT2D eigenvalue weighted by molar-refractivity contribution is -0.247. The first-order chi connectivity index (χ1) is 5.97. The van der Waals surface area contributed by atoms with Gasteiger partial charge in [0.1, 0.15) is 0 Å². The van der Waals surface area contributed by atoms with Crippen LogP contribution in [0.25, 0.3) is 0 Å². The van der Waals surface area contributed by atoms with Crippen molar-refractivity contribution in [1.29, 1.82) is 0 Å². The van der Waals surface area contributed by atoms with Gasteiger partial charge in [0, 0.05) is 12.0 Å². The van der Waals surface area contributed by atoms with Crippen LogP contribution in [0.5, 0.6) is 0 Å². The van der Waals surface area contributed by atoms with E-state index >= 15 is 0 Å². The van der Waals surface area contributed by atoms with Crippen LogP contribution in [0.15, 0.2) is 0 Å². The largest absolute Gasteiger partial charge is 0.389 e. The normalized spacial score (nSPS) is 40.6. The molecule has 0 spiro atoms. The van der Waals surface area contributed by atoms with Gasteiger partial charge in [0.2, 0.25) is 0 Å². The molecule has 0 aromatic carbocycles. The van der Waals surface area contributed by atoms with E-state index in [-0.39, 0.29) is 10.8 Å². The third kappa shape index (κ3) is 0.909. The summed E-state index contributed by atoms with van der Waals surface area (Å²) in [5, 5.41) is 10.6. The van der Waals surface area contributed by atoms with E-state index in [0.29, 0.717) is 6.54 Å². The molecule has 2 nitrogen and oxygen atoms in total. The van der Waals surface area contributed by atoms with Gasteiger partial charge in [0.15, 0.2) is 0 Å². The summed E-state index contributed by atoms with van der Waals surface area (Å²) in [5.74, 6) is 0. The molecule has 1 atom stereocenters. The molecule has 2 aliphatic rings. The van der Waals surface area contributed by atoms with Gasteiger partial charge in [-0.2, -0.15) is 0 Å². The maximum absolute atomic E-state index is 10.6. The summed E-state index contributed by atoms with van der Waals surface area (Å²) < 4.78 is 0. The number of hydrogen-bond acceptors (Lipinski definition) is 2. The van der Waals surface area contributed by atoms with Gasteiger partial charge in [-0.1, -0.05) is 20.3 Å². The van der Waals surface area contributed by atoms with Crippen LogP contribution >= 0.6 is 0 Å². The van der Waals surface area contributed by atoms with Crippen molar-refractivity contribution in [2.24, 2.45) is 16.6 Å². The molecule has 2 rings (SSSR count). The van der Waals surface area contributed by atoms with Crippen LogP contribution in [-0.2, 0) is 0 Å². The van der Waals surface area contributed by atoms with Gasteiger partial charge in [-0.25, -0.2) is 0 Å². The van der Waals surface area contributed by atoms with Crippen molar-refractivity contribution in [3.05, 3.63) is 0 Å². The zero-order chi connectivity index (χ0) is 9.74. The molecule has 2 saturated carbocycles. The second kappa shape index (κ2) is 2.48. The molecule has 0 bridgehead atoms. The van der Waals surface area contributed by atoms with Gasteiger partial charge in [0.05, 0.1) is 5.60 Å². The summed E-state index contributed by atoms with van der Waals surface area (Å²) in [4.78, 5) is 0. The molecule has 1 unspecified atom stereocenters. The lowest BCUT2D eigenvalue weighted by Crippen LogP contribution is -2.68. The third-order valence-electron chi connectivity index (χ3n) is 4.81. The average Bonchev–Trinajstić information content (AvgIpc) is 2.01. The van der Waals surface area contributed by atoms with E-state index in [0.717, 1.165) is 25.7 Å². The quantitative estimate of drug-likeness (QED) is 0.684. The summed E-state index contributed by atoms with van der Waals surface area (Å²) >= 11 is 0. The number of hydrogen-bond donors (Lipinski definition) is 2. The minimum Gasteiger partial charge on any atom is -0.389 e. The summed E-state index contributed by atoms with van der Waals surface area (Å²) in [6, 6.07) is 0. The Morgan fingerprint density at radius 3 is 1.85 bits per heavy atom. The molecular weight excluding hydrogens is 162 g/mol. The first-order valence-electron chi connectivity index (χ1n) is 5.40. The Morgan fingerprint density at radius 2 is 1.77 bits per heavy atom. The molecule has 0 aliphatic heterocycles. The van der Waals surface area contributed by atoms with E-state index in [1.165, 1.54) is 6.42 Å². The molecule has 13 heavy (non-hydrogen) atoms. The molecular formula is C11H21NO. The Bertz CT molecular complexity index is 215. The van der Waals surface area contributed by atoms with Crippen LogP contribution in [0.4, 0.5) is 0 Å². The molecule has 0 aromatic heterocycles. The standard InChI is InChI=1S/C11H21NO/c1-9(2)6-7-11(9,13)10(8-12)4-3-5-10/h13H,3-8,12H2,1-2H3. The maximum atomic E-state index is 10.6. The highest BCUT2D eigenvalue weighted by Gasteiger charge is 2.64. The average molecular weight is 183 g/mol. The maximum Gasteiger partial charge on any atom is 0.0766 e. The number of rotatable bonds is 2. The highest BCUT2D eigenvalue weighted by molar-refractivity contribution is 5.16. The predicted molar refractivity (Wildman–Crippen MR) is 53.3 cm³/mol. The summed E-state index contributed by atoms with van der Waals surface area (Å²) in [6.45, 7) is 5.01. The Morgan fingerprint density at radius 1 is 1.15 bits per heavy atom. The Balaban J connectivity index is 2.23. The minimum atomic E-state index is -0.465. The van der Waals surface area contributed by atoms with E-state index in [1.54, 1.807) is 0 Å². The molecule has 3 N–H and O–H groups in total. The monoisotopic (exact) mass is 183 g/mol. The van der Waals surface area contributed by atoms with Crippen molar-refractivity contribution in [2.45, 2.75) is 51.6 Å². The molecule has 2 aliphatic carbocycles. The summed E-state index contributed by atoms with van der Waals surface area (Å²) in [5.41, 5.74) is 5.51. The molecule has 2 fully saturated rings. The van der Waals surface area contributed by atoms with Gasteiger partial charge in [-0.15, -0.1) is 0 Å². The second-order valence-electron chi connectivity index (χ2n) is 5.58. The van der Waals surface area contributed by atoms with Crippen LogP contribution < -0.4 is 5.73 Å². The fourth-order valence-electron chi connectivity index (χ4n) is 3.23. The van der Waals surface area contributed by atoms with Crippen LogP contribution in [-0.4, -0.2) is 17.3 Å². The van der Waals surface area contributed by atoms with Gasteiger partial charge < -0.3 is 10.8 Å². The van der Waals surface area contributed by atoms with Crippen molar-refractivity contribution in [2.75, 3.05) is 6.54 Å². The Kier molecular flexibility index (Phi) is 1.81. The third-order valence-corrected chi connectivity index (χ3v) is 4.81. The minimum absolute atomic E-state index is 0.0642. The second-order valence-corrected chi connectivity index (χ2v) is 5.58. The molecule has 2 heteroatoms. The molecule has 0 aromatic rings. The Labute approximate surface area is 80.5 Å². The van der Waals surface area contributed by atoms with Gasteiger partial charge >= 0.3 is 0 Å². The van der Waals surface area contributed by atoms with E-state index < -0.39 is 5.60 Å². The van der Waals surface area contributed by atoms with Crippen molar-refractivity contribution in [3.8, 4) is 0 Å². The Hall–Kier alpha value is -0.0800. The lowest BCUT2D eigenvalue weighted by Gasteiger charge is -2.65. The molecule has 0 amide bonds. The predicted octanol–water partition coefficient (Wildman–Crippen LogP) is 1.67. The molecule has 76 valence electrons. The zero-order valence-corrected chi connectivity index (χ0v) is 8.77. The van der Waals surface area contributed by atoms with Gasteiger partial charge in [-0.05, 0) is 31.1 Å². The first kappa shape index (κ1) is 9.47. The van der Waals surface area contributed by atoms with Crippen molar-refractivity contribution in [1.82, 2.24) is 0 Å². The summed E-state index contributed by atoms with van der Waals surface area (Å²) in [6.07, 6.45) is 5.60. The fourth-order valence-corrected chi connectivity index (χ4v) is 3.23. The van der Waals surface area contributed by atoms with Crippen molar-refractivity contribution < 1.29 is 5.11 Å². The van der Waals surface area contributed by atoms with Gasteiger partial charge in [-0.3, -0.25) is 0 Å². The topological polar surface area (TPSA) is 46.2 Å². The van der Waals surface area contributed by atoms with Crippen molar-refractivity contribution >= 4 is 0 Å². The highest BCUT2D eigenvalue weighted by atomic mass is 16.3. The molecule has 0 radical (unpaired) electrons. The van der Waals surface area contributed by atoms with E-state index in [4.69, 9.17) is 5.73 Å². The van der Waals surface area contributed by atoms with Crippen LogP contribution in [0.3, 0.4) is 0 Å². The number of nitrogens with two attached hydrogens (primary N) is 1. The van der Waals surface area contributed by atoms with E-state index in [9.17, 15) is 5.11 Å². The molecule has 0 saturated heterocycles. The van der Waals surface area contributed by atoms with Crippen molar-refractivity contribution in [3.63, 3.8) is 0 Å². The molecule has 0 heterocycles. The van der Waals surface area contributed by atoms with Crippen LogP contribution in [0.1, 0.15) is 46.0 Å². The van der Waals surface area contributed by atoms with Gasteiger partial charge in [0.25, 0.3) is 0 Å². The smallest absolute Gasteiger partial charge is 0.0766 e. The fraction of sp³-hybridized carbons (Fsp3) is 1.00. The summed E-state index contributed by atoms with van der Waals surface area (Å²) in [7, 11) is 0. The zero-order valence-electron chi connectivity index (χ0n) is 8.77. The SMILES string of the molecule is CC1(C)CCC1(O)C1(CN)CCC1. The van der Waals surface area contributed by atoms with Crippen LogP contribution in [0.2, 0.25) is 0 Å². The van der Waals surface area contributed by atoms with E-state index in [2.05, 4.69) is 13.8 Å². The lowest BCUT2D eigenvalue weighted by atomic mass is 9.43. The number of aliphatic hydroxyl groups is 1.